The van der Waals surface area contributed by atoms with E-state index in [0.29, 0.717) is 5.56 Å². The minimum Gasteiger partial charge on any atom is -0.322 e. The number of carbonyl (C=O) groups excluding carboxylic acids is 1. The maximum Gasteiger partial charge on any atom is 0.257 e. The fourth-order valence-electron chi connectivity index (χ4n) is 2.01. The normalized spacial score (nSPS) is 11.9. The number of amides is 1. The zero-order chi connectivity index (χ0) is 14.4. The van der Waals surface area contributed by atoms with Gasteiger partial charge in [0.25, 0.3) is 5.91 Å². The zero-order valence-corrected chi connectivity index (χ0v) is 11.8. The highest BCUT2D eigenvalue weighted by molar-refractivity contribution is 6.04. The Labute approximate surface area is 119 Å². The second-order valence-corrected chi connectivity index (χ2v) is 4.60. The van der Waals surface area contributed by atoms with E-state index < -0.39 is 0 Å². The summed E-state index contributed by atoms with van der Waals surface area (Å²) in [5.74, 6) is -0.147. The molecule has 0 aliphatic heterocycles. The summed E-state index contributed by atoms with van der Waals surface area (Å²) >= 11 is 0. The maximum atomic E-state index is 12.1. The lowest BCUT2D eigenvalue weighted by Crippen LogP contribution is -2.18. The van der Waals surface area contributed by atoms with Crippen LogP contribution in [0.2, 0.25) is 0 Å². The average molecular weight is 269 g/mol. The van der Waals surface area contributed by atoms with Crippen molar-refractivity contribution in [1.82, 2.24) is 10.3 Å². The first-order valence-electron chi connectivity index (χ1n) is 6.75. The van der Waals surface area contributed by atoms with Crippen LogP contribution in [0.1, 0.15) is 35.8 Å². The molecular formula is C16H19N3O. The number of rotatable bonds is 5. The van der Waals surface area contributed by atoms with Crippen LogP contribution >= 0.6 is 0 Å². The van der Waals surface area contributed by atoms with Crippen LogP contribution < -0.4 is 10.6 Å². The Morgan fingerprint density at radius 1 is 1.30 bits per heavy atom. The first-order chi connectivity index (χ1) is 9.70. The quantitative estimate of drug-likeness (QED) is 0.877. The fraction of sp³-hybridized carbons (Fsp3) is 0.250. The van der Waals surface area contributed by atoms with Gasteiger partial charge in [0.2, 0.25) is 0 Å². The second-order valence-electron chi connectivity index (χ2n) is 4.60. The molecule has 1 atom stereocenters. The van der Waals surface area contributed by atoms with Crippen LogP contribution in [-0.2, 0) is 0 Å². The fourth-order valence-corrected chi connectivity index (χ4v) is 2.01. The third-order valence-electron chi connectivity index (χ3n) is 3.08. The molecule has 0 aliphatic rings. The molecule has 0 saturated heterocycles. The minimum atomic E-state index is -0.147. The number of carbonyl (C=O) groups is 1. The zero-order valence-electron chi connectivity index (χ0n) is 11.8. The molecule has 2 rings (SSSR count). The molecule has 4 nitrogen and oxygen atoms in total. The van der Waals surface area contributed by atoms with Gasteiger partial charge in [-0.15, -0.1) is 0 Å². The topological polar surface area (TPSA) is 54.0 Å². The number of aromatic nitrogens is 1. The van der Waals surface area contributed by atoms with Crippen molar-refractivity contribution in [3.63, 3.8) is 0 Å². The Morgan fingerprint density at radius 2 is 2.15 bits per heavy atom. The maximum absolute atomic E-state index is 12.1. The Morgan fingerprint density at radius 3 is 2.85 bits per heavy atom. The molecule has 0 bridgehead atoms. The van der Waals surface area contributed by atoms with Crippen molar-refractivity contribution < 1.29 is 4.79 Å². The number of benzene rings is 1. The molecule has 104 valence electrons. The summed E-state index contributed by atoms with van der Waals surface area (Å²) in [4.78, 5) is 16.0. The van der Waals surface area contributed by atoms with Gasteiger partial charge in [-0.2, -0.15) is 0 Å². The standard InChI is InChI=1S/C16H19N3O/c1-3-18-12(2)13-6-4-8-15(10-13)19-16(20)14-7-5-9-17-11-14/h4-12,18H,3H2,1-2H3,(H,19,20). The molecule has 1 heterocycles. The van der Waals surface area contributed by atoms with E-state index in [-0.39, 0.29) is 11.9 Å². The molecule has 1 unspecified atom stereocenters. The molecule has 0 aliphatic carbocycles. The highest BCUT2D eigenvalue weighted by atomic mass is 16.1. The highest BCUT2D eigenvalue weighted by Crippen LogP contribution is 2.17. The Bertz CT molecular complexity index is 569. The molecule has 0 spiro atoms. The number of nitrogens with zero attached hydrogens (tertiary/aromatic N) is 1. The van der Waals surface area contributed by atoms with Crippen molar-refractivity contribution in [3.05, 3.63) is 59.9 Å². The second kappa shape index (κ2) is 6.82. The molecule has 4 heteroatoms. The van der Waals surface area contributed by atoms with Crippen molar-refractivity contribution >= 4 is 11.6 Å². The Hall–Kier alpha value is -2.20. The van der Waals surface area contributed by atoms with E-state index in [2.05, 4.69) is 29.5 Å². The lowest BCUT2D eigenvalue weighted by atomic mass is 10.1. The van der Waals surface area contributed by atoms with Gasteiger partial charge >= 0.3 is 0 Å². The lowest BCUT2D eigenvalue weighted by molar-refractivity contribution is 0.102. The monoisotopic (exact) mass is 269 g/mol. The van der Waals surface area contributed by atoms with E-state index in [1.54, 1.807) is 24.5 Å². The minimum absolute atomic E-state index is 0.147. The van der Waals surface area contributed by atoms with Crippen LogP contribution in [-0.4, -0.2) is 17.4 Å². The Balaban J connectivity index is 2.10. The van der Waals surface area contributed by atoms with Crippen molar-refractivity contribution in [1.29, 1.82) is 0 Å². The van der Waals surface area contributed by atoms with Gasteiger partial charge in [0.15, 0.2) is 0 Å². The van der Waals surface area contributed by atoms with Crippen LogP contribution in [0.3, 0.4) is 0 Å². The number of pyridine rings is 1. The van der Waals surface area contributed by atoms with E-state index in [1.807, 2.05) is 24.3 Å². The van der Waals surface area contributed by atoms with E-state index in [4.69, 9.17) is 0 Å². The van der Waals surface area contributed by atoms with Crippen LogP contribution in [0.25, 0.3) is 0 Å². The number of anilines is 1. The summed E-state index contributed by atoms with van der Waals surface area (Å²) in [5, 5.41) is 6.24. The molecule has 2 aromatic rings. The lowest BCUT2D eigenvalue weighted by Gasteiger charge is -2.14. The van der Waals surface area contributed by atoms with Gasteiger partial charge in [-0.3, -0.25) is 9.78 Å². The summed E-state index contributed by atoms with van der Waals surface area (Å²) in [6.45, 7) is 5.09. The molecule has 0 saturated carbocycles. The molecule has 1 amide bonds. The first-order valence-corrected chi connectivity index (χ1v) is 6.75. The summed E-state index contributed by atoms with van der Waals surface area (Å²) in [6.07, 6.45) is 3.20. The van der Waals surface area contributed by atoms with Crippen LogP contribution in [0.15, 0.2) is 48.8 Å². The largest absolute Gasteiger partial charge is 0.322 e. The van der Waals surface area contributed by atoms with Crippen molar-refractivity contribution in [3.8, 4) is 0 Å². The molecule has 1 aromatic carbocycles. The third-order valence-corrected chi connectivity index (χ3v) is 3.08. The smallest absolute Gasteiger partial charge is 0.257 e. The van der Waals surface area contributed by atoms with E-state index >= 15 is 0 Å². The van der Waals surface area contributed by atoms with Gasteiger partial charge in [0.1, 0.15) is 0 Å². The van der Waals surface area contributed by atoms with Crippen molar-refractivity contribution in [2.45, 2.75) is 19.9 Å². The number of nitrogens with one attached hydrogen (secondary N) is 2. The molecule has 20 heavy (non-hydrogen) atoms. The summed E-state index contributed by atoms with van der Waals surface area (Å²) in [5.41, 5.74) is 2.49. The average Bonchev–Trinajstić information content (AvgIpc) is 2.48. The van der Waals surface area contributed by atoms with Crippen molar-refractivity contribution in [2.24, 2.45) is 0 Å². The molecule has 0 radical (unpaired) electrons. The van der Waals surface area contributed by atoms with E-state index in [1.165, 1.54) is 0 Å². The highest BCUT2D eigenvalue weighted by Gasteiger charge is 2.08. The molecule has 0 fully saturated rings. The Kier molecular flexibility index (Phi) is 4.85. The third kappa shape index (κ3) is 3.65. The van der Waals surface area contributed by atoms with Crippen LogP contribution in [0.5, 0.6) is 0 Å². The SMILES string of the molecule is CCNC(C)c1cccc(NC(=O)c2cccnc2)c1. The number of hydrogen-bond donors (Lipinski definition) is 2. The summed E-state index contributed by atoms with van der Waals surface area (Å²) in [6, 6.07) is 11.6. The summed E-state index contributed by atoms with van der Waals surface area (Å²) < 4.78 is 0. The molecular weight excluding hydrogens is 250 g/mol. The van der Waals surface area contributed by atoms with E-state index in [9.17, 15) is 4.79 Å². The van der Waals surface area contributed by atoms with Crippen LogP contribution in [0, 0.1) is 0 Å². The molecule has 2 N–H and O–H groups in total. The van der Waals surface area contributed by atoms with Gasteiger partial charge in [-0.05, 0) is 43.3 Å². The van der Waals surface area contributed by atoms with Gasteiger partial charge in [0.05, 0.1) is 5.56 Å². The van der Waals surface area contributed by atoms with Gasteiger partial charge < -0.3 is 10.6 Å². The predicted molar refractivity (Wildman–Crippen MR) is 80.7 cm³/mol. The van der Waals surface area contributed by atoms with Crippen molar-refractivity contribution in [2.75, 3.05) is 11.9 Å². The number of hydrogen-bond acceptors (Lipinski definition) is 3. The summed E-state index contributed by atoms with van der Waals surface area (Å²) in [7, 11) is 0. The van der Waals surface area contributed by atoms with Gasteiger partial charge in [-0.1, -0.05) is 19.1 Å². The van der Waals surface area contributed by atoms with Crippen LogP contribution in [0.4, 0.5) is 5.69 Å². The predicted octanol–water partition coefficient (Wildman–Crippen LogP) is 3.00. The molecule has 1 aromatic heterocycles. The first kappa shape index (κ1) is 14.2. The van der Waals surface area contributed by atoms with Gasteiger partial charge in [-0.25, -0.2) is 0 Å². The van der Waals surface area contributed by atoms with E-state index in [0.717, 1.165) is 17.8 Å². The van der Waals surface area contributed by atoms with Gasteiger partial charge in [0, 0.05) is 24.1 Å².